The van der Waals surface area contributed by atoms with Crippen molar-refractivity contribution >= 4 is 11.6 Å². The van der Waals surface area contributed by atoms with Crippen molar-refractivity contribution in [2.45, 2.75) is 20.4 Å². The lowest BCUT2D eigenvalue weighted by atomic mass is 10.2. The fourth-order valence-electron chi connectivity index (χ4n) is 3.45. The number of piperazine rings is 1. The lowest BCUT2D eigenvalue weighted by Crippen LogP contribution is -2.52. The minimum absolute atomic E-state index is 0.161. The number of nitrogens with one attached hydrogen (secondary N) is 1. The predicted octanol–water partition coefficient (Wildman–Crippen LogP) is 3.00. The number of guanidine groups is 1. The van der Waals surface area contributed by atoms with Crippen LogP contribution in [0.2, 0.25) is 0 Å². The molecule has 0 saturated carbocycles. The van der Waals surface area contributed by atoms with E-state index in [-0.39, 0.29) is 5.75 Å². The molecule has 0 amide bonds. The molecule has 28 heavy (non-hydrogen) atoms. The zero-order valence-electron chi connectivity index (χ0n) is 17.0. The Labute approximate surface area is 167 Å². The van der Waals surface area contributed by atoms with E-state index in [1.165, 1.54) is 11.3 Å². The summed E-state index contributed by atoms with van der Waals surface area (Å²) in [4.78, 5) is 9.46. The topological polar surface area (TPSA) is 60.3 Å². The molecule has 1 saturated heterocycles. The maximum Gasteiger partial charge on any atom is 0.194 e. The molecule has 1 fully saturated rings. The van der Waals surface area contributed by atoms with Crippen LogP contribution in [0.25, 0.3) is 0 Å². The normalized spacial score (nSPS) is 14.9. The van der Waals surface area contributed by atoms with Crippen molar-refractivity contribution in [3.05, 3.63) is 53.6 Å². The summed E-state index contributed by atoms with van der Waals surface area (Å²) in [6, 6.07) is 14.1. The first-order valence-electron chi connectivity index (χ1n) is 9.82. The number of nitrogens with zero attached hydrogens (tertiary/aromatic N) is 3. The largest absolute Gasteiger partial charge is 0.504 e. The van der Waals surface area contributed by atoms with Gasteiger partial charge in [-0.25, -0.2) is 4.99 Å². The van der Waals surface area contributed by atoms with Crippen molar-refractivity contribution in [2.75, 3.05) is 44.7 Å². The maximum absolute atomic E-state index is 10.3. The second kappa shape index (κ2) is 9.35. The highest BCUT2D eigenvalue weighted by atomic mass is 16.5. The van der Waals surface area contributed by atoms with Crippen molar-refractivity contribution in [2.24, 2.45) is 4.99 Å². The Morgan fingerprint density at radius 3 is 2.57 bits per heavy atom. The van der Waals surface area contributed by atoms with Gasteiger partial charge in [-0.2, -0.15) is 0 Å². The van der Waals surface area contributed by atoms with Gasteiger partial charge in [0, 0.05) is 44.0 Å². The van der Waals surface area contributed by atoms with E-state index in [0.29, 0.717) is 12.3 Å². The Morgan fingerprint density at radius 2 is 1.89 bits per heavy atom. The van der Waals surface area contributed by atoms with Crippen LogP contribution in [0.4, 0.5) is 5.69 Å². The highest BCUT2D eigenvalue weighted by molar-refractivity contribution is 5.80. The molecule has 0 aromatic heterocycles. The number of para-hydroxylation sites is 1. The van der Waals surface area contributed by atoms with Crippen LogP contribution in [0.5, 0.6) is 11.5 Å². The first-order valence-corrected chi connectivity index (χ1v) is 9.82. The third kappa shape index (κ3) is 4.68. The second-order valence-corrected chi connectivity index (χ2v) is 6.95. The number of ether oxygens (including phenoxy) is 1. The van der Waals surface area contributed by atoms with Gasteiger partial charge in [0.2, 0.25) is 0 Å². The Balaban J connectivity index is 1.67. The summed E-state index contributed by atoms with van der Waals surface area (Å²) in [5.41, 5.74) is 3.32. The standard InChI is InChI=1S/C22H30N4O2/c1-4-23-22(24-16-18-8-6-10-20(28-3)21(18)27)26-13-11-25(12-14-26)19-9-5-7-17(2)15-19/h5-10,15,27H,4,11-14,16H2,1-3H3,(H,23,24). The summed E-state index contributed by atoms with van der Waals surface area (Å²) in [6.07, 6.45) is 0. The van der Waals surface area contributed by atoms with E-state index < -0.39 is 0 Å². The number of hydrogen-bond acceptors (Lipinski definition) is 4. The summed E-state index contributed by atoms with van der Waals surface area (Å²) in [6.45, 7) is 9.14. The van der Waals surface area contributed by atoms with Crippen molar-refractivity contribution in [3.63, 3.8) is 0 Å². The van der Waals surface area contributed by atoms with Gasteiger partial charge >= 0.3 is 0 Å². The van der Waals surface area contributed by atoms with Crippen LogP contribution in [-0.4, -0.2) is 55.8 Å². The molecule has 2 N–H and O–H groups in total. The summed E-state index contributed by atoms with van der Waals surface area (Å²) < 4.78 is 5.19. The Kier molecular flexibility index (Phi) is 6.63. The highest BCUT2D eigenvalue weighted by Gasteiger charge is 2.20. The molecule has 0 spiro atoms. The summed E-state index contributed by atoms with van der Waals surface area (Å²) in [5.74, 6) is 1.52. The van der Waals surface area contributed by atoms with E-state index in [4.69, 9.17) is 9.73 Å². The average Bonchev–Trinajstić information content (AvgIpc) is 2.72. The van der Waals surface area contributed by atoms with Crippen LogP contribution in [-0.2, 0) is 6.54 Å². The molecule has 1 heterocycles. The van der Waals surface area contributed by atoms with Crippen LogP contribution in [0, 0.1) is 6.92 Å². The van der Waals surface area contributed by atoms with E-state index in [9.17, 15) is 5.11 Å². The summed E-state index contributed by atoms with van der Waals surface area (Å²) >= 11 is 0. The monoisotopic (exact) mass is 382 g/mol. The van der Waals surface area contributed by atoms with Gasteiger partial charge in [0.15, 0.2) is 17.5 Å². The fourth-order valence-corrected chi connectivity index (χ4v) is 3.45. The number of rotatable bonds is 5. The van der Waals surface area contributed by atoms with Gasteiger partial charge in [0.05, 0.1) is 13.7 Å². The van der Waals surface area contributed by atoms with Crippen molar-refractivity contribution < 1.29 is 9.84 Å². The van der Waals surface area contributed by atoms with Gasteiger partial charge in [0.1, 0.15) is 0 Å². The third-order valence-electron chi connectivity index (χ3n) is 4.98. The van der Waals surface area contributed by atoms with E-state index in [0.717, 1.165) is 44.2 Å². The number of aromatic hydroxyl groups is 1. The second-order valence-electron chi connectivity index (χ2n) is 6.95. The van der Waals surface area contributed by atoms with Crippen LogP contribution in [0.15, 0.2) is 47.5 Å². The number of benzene rings is 2. The molecule has 0 bridgehead atoms. The van der Waals surface area contributed by atoms with E-state index in [2.05, 4.69) is 53.2 Å². The van der Waals surface area contributed by atoms with Gasteiger partial charge in [-0.3, -0.25) is 0 Å². The van der Waals surface area contributed by atoms with Gasteiger partial charge < -0.3 is 25.0 Å². The minimum Gasteiger partial charge on any atom is -0.504 e. The molecule has 0 aliphatic carbocycles. The molecule has 2 aromatic rings. The van der Waals surface area contributed by atoms with Crippen LogP contribution in [0.3, 0.4) is 0 Å². The fraction of sp³-hybridized carbons (Fsp3) is 0.409. The van der Waals surface area contributed by atoms with Gasteiger partial charge in [-0.05, 0) is 37.6 Å². The van der Waals surface area contributed by atoms with Crippen LogP contribution < -0.4 is 15.0 Å². The molecule has 0 unspecified atom stereocenters. The van der Waals surface area contributed by atoms with Crippen molar-refractivity contribution in [3.8, 4) is 11.5 Å². The zero-order chi connectivity index (χ0) is 19.9. The quantitative estimate of drug-likeness (QED) is 0.615. The number of methoxy groups -OCH3 is 1. The van der Waals surface area contributed by atoms with Gasteiger partial charge in [-0.1, -0.05) is 24.3 Å². The third-order valence-corrected chi connectivity index (χ3v) is 4.98. The average molecular weight is 383 g/mol. The SMILES string of the molecule is CCNC(=NCc1cccc(OC)c1O)N1CCN(c2cccc(C)c2)CC1. The van der Waals surface area contributed by atoms with Crippen LogP contribution in [0.1, 0.15) is 18.1 Å². The van der Waals surface area contributed by atoms with E-state index >= 15 is 0 Å². The van der Waals surface area contributed by atoms with Gasteiger partial charge in [-0.15, -0.1) is 0 Å². The summed E-state index contributed by atoms with van der Waals surface area (Å²) in [7, 11) is 1.56. The molecule has 2 aromatic carbocycles. The molecule has 6 nitrogen and oxygen atoms in total. The number of hydrogen-bond donors (Lipinski definition) is 2. The maximum atomic E-state index is 10.3. The van der Waals surface area contributed by atoms with E-state index in [1.54, 1.807) is 13.2 Å². The molecular weight excluding hydrogens is 352 g/mol. The van der Waals surface area contributed by atoms with Crippen LogP contribution >= 0.6 is 0 Å². The van der Waals surface area contributed by atoms with Crippen molar-refractivity contribution in [1.29, 1.82) is 0 Å². The number of anilines is 1. The Morgan fingerprint density at radius 1 is 1.14 bits per heavy atom. The summed E-state index contributed by atoms with van der Waals surface area (Å²) in [5, 5.41) is 13.7. The molecule has 1 aliphatic heterocycles. The lowest BCUT2D eigenvalue weighted by molar-refractivity contribution is 0.368. The predicted molar refractivity (Wildman–Crippen MR) is 114 cm³/mol. The number of aliphatic imine (C=N–C) groups is 1. The first-order chi connectivity index (χ1) is 13.6. The molecule has 3 rings (SSSR count). The molecule has 6 heteroatoms. The highest BCUT2D eigenvalue weighted by Crippen LogP contribution is 2.29. The first kappa shape index (κ1) is 19.9. The minimum atomic E-state index is 0.161. The zero-order valence-corrected chi connectivity index (χ0v) is 17.0. The smallest absolute Gasteiger partial charge is 0.194 e. The Hall–Kier alpha value is -2.89. The Bertz CT molecular complexity index is 814. The molecular formula is C22H30N4O2. The van der Waals surface area contributed by atoms with Crippen molar-refractivity contribution in [1.82, 2.24) is 10.2 Å². The number of aryl methyl sites for hydroxylation is 1. The number of phenols is 1. The molecule has 0 atom stereocenters. The molecule has 0 radical (unpaired) electrons. The number of phenolic OH excluding ortho intramolecular Hbond substituents is 1. The molecule has 150 valence electrons. The molecule has 1 aliphatic rings. The lowest BCUT2D eigenvalue weighted by Gasteiger charge is -2.37. The van der Waals surface area contributed by atoms with Gasteiger partial charge in [0.25, 0.3) is 0 Å². The van der Waals surface area contributed by atoms with E-state index in [1.807, 2.05) is 12.1 Å².